The van der Waals surface area contributed by atoms with Crippen LogP contribution in [0.15, 0.2) is 36.5 Å². The quantitative estimate of drug-likeness (QED) is 0.0199. The Hall–Kier alpha value is -1.28. The molecule has 0 N–H and O–H groups in total. The van der Waals surface area contributed by atoms with Crippen LogP contribution in [-0.4, -0.2) is 70.7 Å². The molecular formula is C47H90NO7P. The average molecular weight is 812 g/mol. The number of quaternary nitrogens is 1. The van der Waals surface area contributed by atoms with Crippen LogP contribution in [0.5, 0.6) is 0 Å². The molecule has 56 heavy (non-hydrogen) atoms. The van der Waals surface area contributed by atoms with Crippen molar-refractivity contribution in [3.05, 3.63) is 36.5 Å². The minimum atomic E-state index is -4.53. The molecule has 0 aromatic carbocycles. The van der Waals surface area contributed by atoms with Crippen LogP contribution in [0.1, 0.15) is 200 Å². The molecule has 0 radical (unpaired) electrons. The molecule has 0 rings (SSSR count). The number of ether oxygens (including phenoxy) is 2. The first-order valence-corrected chi connectivity index (χ1v) is 24.7. The van der Waals surface area contributed by atoms with Crippen molar-refractivity contribution in [2.75, 3.05) is 54.1 Å². The highest BCUT2D eigenvalue weighted by atomic mass is 31.2. The van der Waals surface area contributed by atoms with E-state index < -0.39 is 13.9 Å². The van der Waals surface area contributed by atoms with E-state index in [1.807, 2.05) is 21.1 Å². The first-order chi connectivity index (χ1) is 27.1. The molecule has 0 aliphatic rings. The Kier molecular flexibility index (Phi) is 39.6. The number of unbranched alkanes of at least 4 members (excludes halogenated alkanes) is 23. The number of nitrogens with zero attached hydrogens (tertiary/aromatic N) is 1. The Morgan fingerprint density at radius 1 is 0.554 bits per heavy atom. The molecule has 0 aromatic rings. The highest BCUT2D eigenvalue weighted by Gasteiger charge is 2.20. The largest absolute Gasteiger partial charge is 0.756 e. The first kappa shape index (κ1) is 54.7. The van der Waals surface area contributed by atoms with Gasteiger partial charge in [-0.15, -0.1) is 0 Å². The topological polar surface area (TPSA) is 94.1 Å². The number of carbonyl (C=O) groups excluding carboxylic acids is 1. The van der Waals surface area contributed by atoms with E-state index in [1.54, 1.807) is 0 Å². The fourth-order valence-corrected chi connectivity index (χ4v) is 7.05. The van der Waals surface area contributed by atoms with Crippen LogP contribution < -0.4 is 4.89 Å². The van der Waals surface area contributed by atoms with Crippen molar-refractivity contribution in [1.29, 1.82) is 0 Å². The van der Waals surface area contributed by atoms with Crippen molar-refractivity contribution in [2.24, 2.45) is 0 Å². The van der Waals surface area contributed by atoms with Crippen LogP contribution in [0.4, 0.5) is 0 Å². The number of phosphoric acid groups is 1. The van der Waals surface area contributed by atoms with E-state index in [0.29, 0.717) is 24.1 Å². The van der Waals surface area contributed by atoms with Crippen LogP contribution in [0, 0.1) is 0 Å². The van der Waals surface area contributed by atoms with Crippen molar-refractivity contribution in [3.63, 3.8) is 0 Å². The molecule has 0 spiro atoms. The molecule has 0 aliphatic carbocycles. The average Bonchev–Trinajstić information content (AvgIpc) is 3.15. The molecule has 330 valence electrons. The number of hydrogen-bond acceptors (Lipinski definition) is 7. The standard InChI is InChI=1S/C47H90NO7P/c1-6-8-10-12-14-16-18-20-22-23-24-25-26-28-30-32-34-36-38-40-47(49)55-46(45-54-56(50,51)53-43-41-48(3,4)5)44-52-42-39-37-35-33-31-29-27-21-19-17-15-13-11-9-7-2/h14,16,20,22,24-25,46H,6-13,15,17-19,21,23,26-45H2,1-5H3/b16-14-,22-20-,25-24-. The summed E-state index contributed by atoms with van der Waals surface area (Å²) in [5, 5.41) is 0. The van der Waals surface area contributed by atoms with Gasteiger partial charge in [0, 0.05) is 13.0 Å². The van der Waals surface area contributed by atoms with Crippen LogP contribution in [0.25, 0.3) is 0 Å². The molecule has 0 aliphatic heterocycles. The number of allylic oxidation sites excluding steroid dienone is 6. The van der Waals surface area contributed by atoms with Gasteiger partial charge in [-0.1, -0.05) is 179 Å². The summed E-state index contributed by atoms with van der Waals surface area (Å²) < 4.78 is 34.6. The highest BCUT2D eigenvalue weighted by Crippen LogP contribution is 2.38. The van der Waals surface area contributed by atoms with Gasteiger partial charge in [0.1, 0.15) is 19.3 Å². The van der Waals surface area contributed by atoms with E-state index in [-0.39, 0.29) is 25.8 Å². The maximum Gasteiger partial charge on any atom is 0.306 e. The van der Waals surface area contributed by atoms with Crippen molar-refractivity contribution in [2.45, 2.75) is 206 Å². The minimum absolute atomic E-state index is 0.0241. The summed E-state index contributed by atoms with van der Waals surface area (Å²) in [7, 11) is 1.35. The van der Waals surface area contributed by atoms with Crippen LogP contribution >= 0.6 is 7.82 Å². The minimum Gasteiger partial charge on any atom is -0.756 e. The molecule has 0 saturated heterocycles. The van der Waals surface area contributed by atoms with Gasteiger partial charge in [0.15, 0.2) is 0 Å². The summed E-state index contributed by atoms with van der Waals surface area (Å²) in [6.07, 6.45) is 47.2. The molecular weight excluding hydrogens is 721 g/mol. The predicted octanol–water partition coefficient (Wildman–Crippen LogP) is 13.1. The second kappa shape index (κ2) is 40.5. The number of rotatable bonds is 43. The predicted molar refractivity (Wildman–Crippen MR) is 236 cm³/mol. The zero-order chi connectivity index (χ0) is 41.3. The summed E-state index contributed by atoms with van der Waals surface area (Å²) in [6.45, 7) is 5.39. The van der Waals surface area contributed by atoms with E-state index in [2.05, 4.69) is 50.3 Å². The van der Waals surface area contributed by atoms with Crippen LogP contribution in [-0.2, 0) is 27.9 Å². The van der Waals surface area contributed by atoms with Gasteiger partial charge in [0.05, 0.1) is 34.4 Å². The monoisotopic (exact) mass is 812 g/mol. The van der Waals surface area contributed by atoms with Gasteiger partial charge >= 0.3 is 5.97 Å². The SMILES string of the molecule is CCCCC/C=C\C/C=C\C/C=C\CCCCCCCCC(=O)OC(COCCCCCCCCCCCCCCCCC)COP(=O)([O-])OCC[N+](C)(C)C. The van der Waals surface area contributed by atoms with Crippen molar-refractivity contribution in [1.82, 2.24) is 0 Å². The Morgan fingerprint density at radius 2 is 0.982 bits per heavy atom. The maximum absolute atomic E-state index is 12.7. The Bertz CT molecular complexity index is 994. The summed E-state index contributed by atoms with van der Waals surface area (Å²) in [6, 6.07) is 0. The maximum atomic E-state index is 12.7. The molecule has 0 aromatic heterocycles. The van der Waals surface area contributed by atoms with Gasteiger partial charge in [0.2, 0.25) is 0 Å². The van der Waals surface area contributed by atoms with Crippen LogP contribution in [0.2, 0.25) is 0 Å². The van der Waals surface area contributed by atoms with E-state index in [4.69, 9.17) is 18.5 Å². The Morgan fingerprint density at radius 3 is 1.50 bits per heavy atom. The zero-order valence-electron chi connectivity index (χ0n) is 37.3. The molecule has 0 bridgehead atoms. The summed E-state index contributed by atoms with van der Waals surface area (Å²) in [5.74, 6) is -0.344. The number of esters is 1. The molecule has 9 heteroatoms. The van der Waals surface area contributed by atoms with E-state index >= 15 is 0 Å². The number of likely N-dealkylation sites (N-methyl/N-ethyl adjacent to an activating group) is 1. The zero-order valence-corrected chi connectivity index (χ0v) is 38.2. The van der Waals surface area contributed by atoms with Crippen molar-refractivity contribution < 1.29 is 37.3 Å². The molecule has 2 atom stereocenters. The Balaban J connectivity index is 4.22. The second-order valence-electron chi connectivity index (χ2n) is 16.8. The number of hydrogen-bond donors (Lipinski definition) is 0. The fourth-order valence-electron chi connectivity index (χ4n) is 6.32. The van der Waals surface area contributed by atoms with Crippen LogP contribution in [0.3, 0.4) is 0 Å². The van der Waals surface area contributed by atoms with Crippen molar-refractivity contribution in [3.8, 4) is 0 Å². The van der Waals surface area contributed by atoms with Gasteiger partial charge in [-0.25, -0.2) is 0 Å². The fraction of sp³-hybridized carbons (Fsp3) is 0.851. The lowest BCUT2D eigenvalue weighted by molar-refractivity contribution is -0.870. The van der Waals surface area contributed by atoms with Gasteiger partial charge in [-0.2, -0.15) is 0 Å². The molecule has 0 heterocycles. The highest BCUT2D eigenvalue weighted by molar-refractivity contribution is 7.45. The third-order valence-electron chi connectivity index (χ3n) is 9.94. The number of phosphoric ester groups is 1. The summed E-state index contributed by atoms with van der Waals surface area (Å²) in [5.41, 5.74) is 0. The van der Waals surface area contributed by atoms with Gasteiger partial charge < -0.3 is 27.9 Å². The number of carbonyl (C=O) groups is 1. The van der Waals surface area contributed by atoms with E-state index in [1.165, 1.54) is 122 Å². The first-order valence-electron chi connectivity index (χ1n) is 23.2. The molecule has 0 fully saturated rings. The van der Waals surface area contributed by atoms with Gasteiger partial charge in [-0.05, 0) is 51.4 Å². The Labute approximate surface area is 346 Å². The summed E-state index contributed by atoms with van der Waals surface area (Å²) in [4.78, 5) is 25.1. The normalized spacial score (nSPS) is 14.0. The lowest BCUT2D eigenvalue weighted by atomic mass is 10.0. The smallest absolute Gasteiger partial charge is 0.306 e. The lowest BCUT2D eigenvalue weighted by Crippen LogP contribution is -2.37. The molecule has 8 nitrogen and oxygen atoms in total. The van der Waals surface area contributed by atoms with Crippen molar-refractivity contribution >= 4 is 13.8 Å². The molecule has 0 saturated carbocycles. The van der Waals surface area contributed by atoms with E-state index in [9.17, 15) is 14.3 Å². The molecule has 2 unspecified atom stereocenters. The third-order valence-corrected chi connectivity index (χ3v) is 10.9. The lowest BCUT2D eigenvalue weighted by Gasteiger charge is -2.28. The van der Waals surface area contributed by atoms with Gasteiger partial charge in [0.25, 0.3) is 7.82 Å². The third kappa shape index (κ3) is 43.8. The second-order valence-corrected chi connectivity index (χ2v) is 18.2. The van der Waals surface area contributed by atoms with E-state index in [0.717, 1.165) is 57.8 Å². The summed E-state index contributed by atoms with van der Waals surface area (Å²) >= 11 is 0. The molecule has 0 amide bonds. The van der Waals surface area contributed by atoms with Gasteiger partial charge in [-0.3, -0.25) is 9.36 Å².